The smallest absolute Gasteiger partial charge is 0.339 e. The summed E-state index contributed by atoms with van der Waals surface area (Å²) in [5.41, 5.74) is 16.2. The molecule has 1 unspecified atom stereocenters. The Morgan fingerprint density at radius 2 is 1.74 bits per heavy atom. The molecule has 20 nitrogen and oxygen atoms in total. The Balaban J connectivity index is 2.17. The molecule has 20 heteroatoms. The SMILES string of the molecule is CCCCCCCC(=O)NCCCC[C@@](N)(C(=O)CC[C@@H](NC(=O)[C@H](C)N(C(C)=O)C1O[C@H](CO)[C@@H](O)[C@H](O[C@H](C)C(=O)O)[C@H]1N)C(N)=O)C(=O)Oc1cccnc1. The van der Waals surface area contributed by atoms with Gasteiger partial charge < -0.3 is 62.3 Å². The van der Waals surface area contributed by atoms with Gasteiger partial charge in [0, 0.05) is 32.5 Å². The molecule has 1 fully saturated rings. The molecule has 0 aliphatic carbocycles. The molecule has 58 heavy (non-hydrogen) atoms. The molecule has 0 aromatic carbocycles. The number of nitrogens with two attached hydrogens (primary N) is 3. The van der Waals surface area contributed by atoms with Gasteiger partial charge in [0.2, 0.25) is 23.6 Å². The maximum Gasteiger partial charge on any atom is 0.339 e. The highest BCUT2D eigenvalue weighted by molar-refractivity contribution is 6.09. The lowest BCUT2D eigenvalue weighted by Gasteiger charge is -2.48. The predicted octanol–water partition coefficient (Wildman–Crippen LogP) is -0.848. The van der Waals surface area contributed by atoms with Gasteiger partial charge in [-0.1, -0.05) is 32.6 Å². The number of ether oxygens (including phenoxy) is 3. The molecule has 4 amide bonds. The number of pyridine rings is 1. The van der Waals surface area contributed by atoms with Crippen LogP contribution in [0.15, 0.2) is 24.5 Å². The van der Waals surface area contributed by atoms with Crippen molar-refractivity contribution in [1.29, 1.82) is 0 Å². The summed E-state index contributed by atoms with van der Waals surface area (Å²) in [6.07, 6.45) is 0.134. The normalized spacial score (nSPS) is 21.7. The fourth-order valence-corrected chi connectivity index (χ4v) is 6.39. The number of aromatic nitrogens is 1. The van der Waals surface area contributed by atoms with E-state index in [0.717, 1.165) is 43.9 Å². The van der Waals surface area contributed by atoms with Gasteiger partial charge in [-0.3, -0.25) is 29.0 Å². The fourth-order valence-electron chi connectivity index (χ4n) is 6.39. The van der Waals surface area contributed by atoms with Crippen molar-refractivity contribution in [3.63, 3.8) is 0 Å². The predicted molar refractivity (Wildman–Crippen MR) is 206 cm³/mol. The number of carboxylic acid groups (broad SMARTS) is 1. The van der Waals surface area contributed by atoms with Crippen LogP contribution in [0.5, 0.6) is 5.75 Å². The summed E-state index contributed by atoms with van der Waals surface area (Å²) in [6.45, 7) is 5.13. The van der Waals surface area contributed by atoms with E-state index in [1.54, 1.807) is 0 Å². The van der Waals surface area contributed by atoms with Gasteiger partial charge in [-0.05, 0) is 58.1 Å². The van der Waals surface area contributed by atoms with E-state index in [2.05, 4.69) is 22.5 Å². The van der Waals surface area contributed by atoms with Crippen LogP contribution < -0.4 is 32.6 Å². The number of Topliss-reactive ketones (excluding diaryl/α,β-unsaturated/α-hetero) is 1. The van der Waals surface area contributed by atoms with Crippen LogP contribution >= 0.6 is 0 Å². The number of ketones is 1. The molecule has 0 spiro atoms. The molecule has 326 valence electrons. The molecule has 1 aliphatic rings. The van der Waals surface area contributed by atoms with Crippen LogP contribution in [0.3, 0.4) is 0 Å². The van der Waals surface area contributed by atoms with Gasteiger partial charge in [-0.25, -0.2) is 9.59 Å². The second-order valence-corrected chi connectivity index (χ2v) is 14.4. The summed E-state index contributed by atoms with van der Waals surface area (Å²) in [6, 6.07) is -1.44. The molecule has 9 atom stereocenters. The molecule has 0 bridgehead atoms. The number of aliphatic carboxylic acids is 1. The topological polar surface area (TPSA) is 326 Å². The van der Waals surface area contributed by atoms with Crippen molar-refractivity contribution in [2.75, 3.05) is 13.2 Å². The number of aliphatic hydroxyl groups excluding tert-OH is 2. The molecule has 11 N–H and O–H groups in total. The lowest BCUT2D eigenvalue weighted by atomic mass is 9.86. The number of nitrogens with zero attached hydrogens (tertiary/aromatic N) is 2. The number of unbranched alkanes of at least 4 members (excludes halogenated alkanes) is 5. The van der Waals surface area contributed by atoms with Gasteiger partial charge in [-0.2, -0.15) is 0 Å². The highest BCUT2D eigenvalue weighted by Gasteiger charge is 2.50. The van der Waals surface area contributed by atoms with Crippen molar-refractivity contribution >= 4 is 41.4 Å². The summed E-state index contributed by atoms with van der Waals surface area (Å²) in [4.78, 5) is 94.7. The first-order valence-electron chi connectivity index (χ1n) is 19.6. The number of carboxylic acids is 1. The molecule has 1 aliphatic heterocycles. The Kier molecular flexibility index (Phi) is 20.8. The third kappa shape index (κ3) is 14.7. The van der Waals surface area contributed by atoms with Crippen LogP contribution in [0.2, 0.25) is 0 Å². The minimum Gasteiger partial charge on any atom is -0.479 e. The number of primary amides is 1. The first-order valence-corrected chi connectivity index (χ1v) is 19.6. The van der Waals surface area contributed by atoms with E-state index in [1.807, 2.05) is 0 Å². The molecule has 1 aromatic heterocycles. The monoisotopic (exact) mass is 823 g/mol. The molecule has 0 saturated carbocycles. The van der Waals surface area contributed by atoms with Gasteiger partial charge in [0.05, 0.1) is 18.8 Å². The van der Waals surface area contributed by atoms with Crippen molar-refractivity contribution in [2.45, 2.75) is 153 Å². The van der Waals surface area contributed by atoms with Crippen molar-refractivity contribution < 1.29 is 63.1 Å². The number of carbonyl (C=O) groups is 7. The molecule has 1 aromatic rings. The van der Waals surface area contributed by atoms with E-state index in [0.29, 0.717) is 12.8 Å². The van der Waals surface area contributed by atoms with Crippen molar-refractivity contribution in [3.05, 3.63) is 24.5 Å². The third-order valence-electron chi connectivity index (χ3n) is 9.92. The van der Waals surface area contributed by atoms with Gasteiger partial charge in [0.1, 0.15) is 36.1 Å². The summed E-state index contributed by atoms with van der Waals surface area (Å²) in [7, 11) is 0. The Labute approximate surface area is 337 Å². The van der Waals surface area contributed by atoms with Crippen molar-refractivity contribution in [3.8, 4) is 5.75 Å². The van der Waals surface area contributed by atoms with E-state index in [9.17, 15) is 48.9 Å². The summed E-state index contributed by atoms with van der Waals surface area (Å²) >= 11 is 0. The van der Waals surface area contributed by atoms with Gasteiger partial charge in [0.25, 0.3) is 0 Å². The zero-order valence-corrected chi connectivity index (χ0v) is 33.7. The summed E-state index contributed by atoms with van der Waals surface area (Å²) in [5, 5.41) is 35.1. The standard InChI is InChI=1S/C38H61N7O13/c1-5-6-7-8-9-14-29(49)43-19-11-10-17-38(41,37(55)57-25-13-12-18-42-20-25)28(48)16-15-26(33(40)51)44-34(52)22(2)45(24(4)47)35-30(39)32(56-23(3)36(53)54)31(50)27(21-46)58-35/h12-13,18,20,22-23,26-27,30-32,35,46,50H,5-11,14-17,19,21,39,41H2,1-4H3,(H2,40,51)(H,43,49)(H,44,52)(H,53,54)/t22-,23+,26+,27+,30+,31+,32+,35?,38+/m0/s1. The van der Waals surface area contributed by atoms with Crippen LogP contribution in [0.4, 0.5) is 0 Å². The average Bonchev–Trinajstić information content (AvgIpc) is 3.18. The number of carbonyl (C=O) groups excluding carboxylic acids is 6. The first kappa shape index (κ1) is 49.5. The molecule has 2 rings (SSSR count). The number of esters is 1. The average molecular weight is 824 g/mol. The van der Waals surface area contributed by atoms with Crippen LogP contribution in [0.25, 0.3) is 0 Å². The molecular formula is C38H61N7O13. The number of hydrogen-bond acceptors (Lipinski definition) is 15. The Hall–Kier alpha value is -4.60. The van der Waals surface area contributed by atoms with Gasteiger partial charge in [0.15, 0.2) is 23.7 Å². The number of aliphatic hydroxyl groups is 2. The van der Waals surface area contributed by atoms with E-state index in [4.69, 9.17) is 31.4 Å². The van der Waals surface area contributed by atoms with Crippen molar-refractivity contribution in [2.24, 2.45) is 17.2 Å². The van der Waals surface area contributed by atoms with E-state index in [1.165, 1.54) is 38.4 Å². The maximum atomic E-state index is 13.7. The minimum atomic E-state index is -2.21. The number of nitrogens with one attached hydrogen (secondary N) is 2. The zero-order chi connectivity index (χ0) is 43.6. The van der Waals surface area contributed by atoms with Crippen molar-refractivity contribution in [1.82, 2.24) is 20.5 Å². The Morgan fingerprint density at radius 1 is 1.05 bits per heavy atom. The largest absolute Gasteiger partial charge is 0.479 e. The summed E-state index contributed by atoms with van der Waals surface area (Å²) in [5.74, 6) is -6.14. The van der Waals surface area contributed by atoms with E-state index >= 15 is 0 Å². The van der Waals surface area contributed by atoms with Crippen LogP contribution in [-0.4, -0.2) is 134 Å². The summed E-state index contributed by atoms with van der Waals surface area (Å²) < 4.78 is 16.5. The Morgan fingerprint density at radius 3 is 2.33 bits per heavy atom. The van der Waals surface area contributed by atoms with Crippen LogP contribution in [0, 0.1) is 0 Å². The number of hydrogen-bond donors (Lipinski definition) is 8. The van der Waals surface area contributed by atoms with E-state index < -0.39 is 109 Å². The molecule has 2 heterocycles. The molecule has 1 saturated heterocycles. The highest BCUT2D eigenvalue weighted by Crippen LogP contribution is 2.27. The maximum absolute atomic E-state index is 13.7. The second-order valence-electron chi connectivity index (χ2n) is 14.4. The Bertz CT molecular complexity index is 1540. The number of rotatable bonds is 26. The molecular weight excluding hydrogens is 762 g/mol. The quantitative estimate of drug-likeness (QED) is 0.0321. The second kappa shape index (κ2) is 24.4. The number of amides is 4. The highest BCUT2D eigenvalue weighted by atomic mass is 16.6. The molecule has 0 radical (unpaired) electrons. The lowest BCUT2D eigenvalue weighted by Crippen LogP contribution is -2.70. The minimum absolute atomic E-state index is 0.0309. The van der Waals surface area contributed by atoms with Gasteiger partial charge in [-0.15, -0.1) is 0 Å². The fraction of sp³-hybridized carbons (Fsp3) is 0.684. The van der Waals surface area contributed by atoms with Gasteiger partial charge >= 0.3 is 11.9 Å². The first-order chi connectivity index (χ1) is 27.4. The van der Waals surface area contributed by atoms with Crippen LogP contribution in [0.1, 0.15) is 98.3 Å². The third-order valence-corrected chi connectivity index (χ3v) is 9.92. The van der Waals surface area contributed by atoms with E-state index in [-0.39, 0.29) is 31.0 Å². The zero-order valence-electron chi connectivity index (χ0n) is 33.7. The van der Waals surface area contributed by atoms with Crippen LogP contribution in [-0.2, 0) is 43.0 Å². The lowest BCUT2D eigenvalue weighted by molar-refractivity contribution is -0.245.